The number of rotatable bonds is 8. The van der Waals surface area contributed by atoms with Gasteiger partial charge < -0.3 is 4.74 Å². The number of hydrogen-bond acceptors (Lipinski definition) is 2. The summed E-state index contributed by atoms with van der Waals surface area (Å²) in [4.78, 5) is 10.7. The molecular weight excluding hydrogens is 188 g/mol. The summed E-state index contributed by atoms with van der Waals surface area (Å²) in [7, 11) is 0. The fourth-order valence-electron chi connectivity index (χ4n) is 1.45. The third-order valence-corrected chi connectivity index (χ3v) is 2.27. The van der Waals surface area contributed by atoms with E-state index in [9.17, 15) is 4.79 Å². The van der Waals surface area contributed by atoms with E-state index in [0.717, 1.165) is 19.3 Å². The van der Waals surface area contributed by atoms with Gasteiger partial charge in [-0.1, -0.05) is 39.2 Å². The maximum absolute atomic E-state index is 10.7. The van der Waals surface area contributed by atoms with E-state index < -0.39 is 0 Å². The van der Waals surface area contributed by atoms with Gasteiger partial charge in [0, 0.05) is 6.92 Å². The molecule has 0 unspecified atom stereocenters. The Morgan fingerprint density at radius 3 is 2.47 bits per heavy atom. The Labute approximate surface area is 93.7 Å². The van der Waals surface area contributed by atoms with E-state index in [-0.39, 0.29) is 5.97 Å². The lowest BCUT2D eigenvalue weighted by atomic mass is 10.1. The van der Waals surface area contributed by atoms with Crippen LogP contribution in [0, 0.1) is 0 Å². The van der Waals surface area contributed by atoms with Crippen LogP contribution in [0.2, 0.25) is 0 Å². The lowest BCUT2D eigenvalue weighted by Gasteiger charge is -2.06. The molecule has 0 heterocycles. The number of allylic oxidation sites excluding steroid dienone is 1. The largest absolute Gasteiger partial charge is 0.461 e. The monoisotopic (exact) mass is 212 g/mol. The van der Waals surface area contributed by atoms with Gasteiger partial charge in [-0.15, -0.1) is 0 Å². The molecule has 0 aromatic rings. The Bertz CT molecular complexity index is 195. The second kappa shape index (κ2) is 9.75. The van der Waals surface area contributed by atoms with Crippen LogP contribution in [0.25, 0.3) is 0 Å². The molecule has 0 fully saturated rings. The topological polar surface area (TPSA) is 26.3 Å². The van der Waals surface area contributed by atoms with Crippen LogP contribution in [-0.2, 0) is 9.53 Å². The standard InChI is InChI=1S/C13H24O2/c1-4-6-7-8-10-13(9-5-2)11-15-12(3)14/h10H,4-9,11H2,1-3H3. The smallest absolute Gasteiger partial charge is 0.302 e. The van der Waals surface area contributed by atoms with Crippen LogP contribution in [0.15, 0.2) is 11.6 Å². The normalized spacial score (nSPS) is 11.5. The van der Waals surface area contributed by atoms with Crippen molar-refractivity contribution in [1.29, 1.82) is 0 Å². The van der Waals surface area contributed by atoms with Gasteiger partial charge in [0.05, 0.1) is 0 Å². The number of hydrogen-bond donors (Lipinski definition) is 0. The summed E-state index contributed by atoms with van der Waals surface area (Å²) in [6.45, 7) is 6.29. The van der Waals surface area contributed by atoms with Crippen LogP contribution in [0.5, 0.6) is 0 Å². The third-order valence-electron chi connectivity index (χ3n) is 2.27. The summed E-state index contributed by atoms with van der Waals surface area (Å²) in [5.41, 5.74) is 1.27. The van der Waals surface area contributed by atoms with E-state index in [0.29, 0.717) is 6.61 Å². The van der Waals surface area contributed by atoms with Crippen LogP contribution >= 0.6 is 0 Å². The first-order valence-corrected chi connectivity index (χ1v) is 6.02. The highest BCUT2D eigenvalue weighted by molar-refractivity contribution is 5.66. The van der Waals surface area contributed by atoms with Gasteiger partial charge >= 0.3 is 5.97 Å². The van der Waals surface area contributed by atoms with Gasteiger partial charge in [0.2, 0.25) is 0 Å². The van der Waals surface area contributed by atoms with E-state index in [4.69, 9.17) is 4.74 Å². The van der Waals surface area contributed by atoms with E-state index in [1.54, 1.807) is 0 Å². The van der Waals surface area contributed by atoms with Crippen LogP contribution in [0.3, 0.4) is 0 Å². The molecule has 0 amide bonds. The molecule has 0 aromatic carbocycles. The minimum atomic E-state index is -0.189. The second-order valence-electron chi connectivity index (χ2n) is 3.89. The predicted molar refractivity (Wildman–Crippen MR) is 63.8 cm³/mol. The number of unbranched alkanes of at least 4 members (excludes halogenated alkanes) is 3. The Kier molecular flexibility index (Phi) is 9.24. The van der Waals surface area contributed by atoms with Crippen LogP contribution in [0.1, 0.15) is 59.3 Å². The molecule has 0 aliphatic heterocycles. The van der Waals surface area contributed by atoms with Crippen molar-refractivity contribution in [3.8, 4) is 0 Å². The SMILES string of the molecule is CCCCCC=C(CCC)COC(C)=O. The van der Waals surface area contributed by atoms with E-state index in [2.05, 4.69) is 19.9 Å². The van der Waals surface area contributed by atoms with Gasteiger partial charge in [-0.25, -0.2) is 0 Å². The molecule has 0 N–H and O–H groups in total. The van der Waals surface area contributed by atoms with Crippen molar-refractivity contribution in [2.24, 2.45) is 0 Å². The summed E-state index contributed by atoms with van der Waals surface area (Å²) in [6, 6.07) is 0. The zero-order chi connectivity index (χ0) is 11.5. The summed E-state index contributed by atoms with van der Waals surface area (Å²) >= 11 is 0. The number of carbonyl (C=O) groups is 1. The molecule has 0 radical (unpaired) electrons. The van der Waals surface area contributed by atoms with Crippen LogP contribution < -0.4 is 0 Å². The summed E-state index contributed by atoms with van der Waals surface area (Å²) in [5.74, 6) is -0.189. The highest BCUT2D eigenvalue weighted by atomic mass is 16.5. The van der Waals surface area contributed by atoms with Crippen molar-refractivity contribution in [2.45, 2.75) is 59.3 Å². The molecule has 0 aromatic heterocycles. The van der Waals surface area contributed by atoms with Crippen molar-refractivity contribution in [3.63, 3.8) is 0 Å². The molecule has 15 heavy (non-hydrogen) atoms. The van der Waals surface area contributed by atoms with Gasteiger partial charge in [0.25, 0.3) is 0 Å². The van der Waals surface area contributed by atoms with Gasteiger partial charge in [0.1, 0.15) is 6.61 Å². The molecule has 0 bridgehead atoms. The zero-order valence-electron chi connectivity index (χ0n) is 10.3. The predicted octanol–water partition coefficient (Wildman–Crippen LogP) is 3.86. The van der Waals surface area contributed by atoms with Gasteiger partial charge in [-0.3, -0.25) is 4.79 Å². The maximum Gasteiger partial charge on any atom is 0.302 e. The van der Waals surface area contributed by atoms with Crippen LogP contribution in [0.4, 0.5) is 0 Å². The van der Waals surface area contributed by atoms with Crippen molar-refractivity contribution in [1.82, 2.24) is 0 Å². The third kappa shape index (κ3) is 9.51. The second-order valence-corrected chi connectivity index (χ2v) is 3.89. The first-order chi connectivity index (χ1) is 7.20. The van der Waals surface area contributed by atoms with E-state index in [1.807, 2.05) is 0 Å². The fourth-order valence-corrected chi connectivity index (χ4v) is 1.45. The highest BCUT2D eigenvalue weighted by Crippen LogP contribution is 2.09. The van der Waals surface area contributed by atoms with Crippen molar-refractivity contribution in [2.75, 3.05) is 6.61 Å². The maximum atomic E-state index is 10.7. The number of ether oxygens (including phenoxy) is 1. The van der Waals surface area contributed by atoms with Crippen molar-refractivity contribution < 1.29 is 9.53 Å². The molecule has 0 rings (SSSR count). The Balaban J connectivity index is 3.83. The summed E-state index contributed by atoms with van der Waals surface area (Å²) < 4.78 is 5.01. The van der Waals surface area contributed by atoms with E-state index in [1.165, 1.54) is 31.8 Å². The lowest BCUT2D eigenvalue weighted by molar-refractivity contribution is -0.140. The molecule has 2 nitrogen and oxygen atoms in total. The fraction of sp³-hybridized carbons (Fsp3) is 0.769. The quantitative estimate of drug-likeness (QED) is 0.347. The first-order valence-electron chi connectivity index (χ1n) is 6.02. The molecule has 0 atom stereocenters. The van der Waals surface area contributed by atoms with Crippen molar-refractivity contribution >= 4 is 5.97 Å². The average Bonchev–Trinajstić information content (AvgIpc) is 2.20. The minimum Gasteiger partial charge on any atom is -0.461 e. The number of esters is 1. The summed E-state index contributed by atoms with van der Waals surface area (Å²) in [6.07, 6.45) is 9.28. The zero-order valence-corrected chi connectivity index (χ0v) is 10.3. The lowest BCUT2D eigenvalue weighted by Crippen LogP contribution is -2.03. The molecule has 0 aliphatic carbocycles. The Morgan fingerprint density at radius 1 is 1.20 bits per heavy atom. The summed E-state index contributed by atoms with van der Waals surface area (Å²) in [5, 5.41) is 0. The Hall–Kier alpha value is -0.790. The molecule has 0 aliphatic rings. The van der Waals surface area contributed by atoms with Crippen molar-refractivity contribution in [3.05, 3.63) is 11.6 Å². The molecule has 2 heteroatoms. The van der Waals surface area contributed by atoms with Gasteiger partial charge in [0.15, 0.2) is 0 Å². The van der Waals surface area contributed by atoms with Gasteiger partial charge in [-0.2, -0.15) is 0 Å². The minimum absolute atomic E-state index is 0.189. The first kappa shape index (κ1) is 14.2. The molecule has 0 spiro atoms. The Morgan fingerprint density at radius 2 is 1.93 bits per heavy atom. The molecule has 0 saturated heterocycles. The number of carbonyl (C=O) groups excluding carboxylic acids is 1. The van der Waals surface area contributed by atoms with Crippen LogP contribution in [-0.4, -0.2) is 12.6 Å². The molecule has 0 saturated carbocycles. The highest BCUT2D eigenvalue weighted by Gasteiger charge is 1.99. The molecule has 88 valence electrons. The van der Waals surface area contributed by atoms with E-state index >= 15 is 0 Å². The van der Waals surface area contributed by atoms with Gasteiger partial charge in [-0.05, 0) is 24.8 Å². The molecular formula is C13H24O2. The average molecular weight is 212 g/mol.